The molecule has 0 spiro atoms. The summed E-state index contributed by atoms with van der Waals surface area (Å²) in [7, 11) is 0. The second-order valence-electron chi connectivity index (χ2n) is 7.13. The lowest BCUT2D eigenvalue weighted by molar-refractivity contribution is -0.144. The number of aliphatic carboxylic acids is 3. The summed E-state index contributed by atoms with van der Waals surface area (Å²) in [6, 6.07) is -1.44. The van der Waals surface area contributed by atoms with Gasteiger partial charge in [0.1, 0.15) is 5.78 Å². The molecular weight excluding hydrogens is 374 g/mol. The van der Waals surface area contributed by atoms with Crippen LogP contribution in [-0.4, -0.2) is 56.7 Å². The number of Topliss-reactive ketones (excluding diaryl/α,β-unsaturated/α-hetero) is 2. The molecule has 10 heteroatoms. The van der Waals surface area contributed by atoms with E-state index in [1.165, 1.54) is 6.92 Å². The van der Waals surface area contributed by atoms with Gasteiger partial charge >= 0.3 is 17.9 Å². The summed E-state index contributed by atoms with van der Waals surface area (Å²) in [5, 5.41) is 29.1. The molecule has 0 bridgehead atoms. The van der Waals surface area contributed by atoms with Gasteiger partial charge in [-0.05, 0) is 18.8 Å². The molecule has 4 N–H and O–H groups in total. The molecule has 0 aromatic rings. The fraction of sp³-hybridized carbons (Fsp3) is 0.667. The molecule has 158 valence electrons. The van der Waals surface area contributed by atoms with Crippen LogP contribution in [-0.2, 0) is 28.8 Å². The van der Waals surface area contributed by atoms with E-state index in [4.69, 9.17) is 15.3 Å². The van der Waals surface area contributed by atoms with E-state index >= 15 is 0 Å². The van der Waals surface area contributed by atoms with Crippen molar-refractivity contribution in [2.45, 2.75) is 58.9 Å². The standard InChI is InChI=1S/C18H27NO9/c1-9(2)11(6-15(22)23)5-14(21)13(8-17(26)27)19-18(28)12(4-10(3)20)7-16(24)25/h9,11-13H,4-8H2,1-3H3,(H,19,28)(H,22,23)(H,24,25)(H,26,27)/t11-,12-,13-/m0/s1. The number of hydrogen-bond donors (Lipinski definition) is 4. The van der Waals surface area contributed by atoms with Crippen molar-refractivity contribution in [3.63, 3.8) is 0 Å². The molecule has 0 unspecified atom stereocenters. The fourth-order valence-corrected chi connectivity index (χ4v) is 2.69. The van der Waals surface area contributed by atoms with Crippen LogP contribution >= 0.6 is 0 Å². The van der Waals surface area contributed by atoms with E-state index < -0.39 is 66.1 Å². The topological polar surface area (TPSA) is 175 Å². The van der Waals surface area contributed by atoms with Crippen LogP contribution in [0.15, 0.2) is 0 Å². The summed E-state index contributed by atoms with van der Waals surface area (Å²) in [4.78, 5) is 69.1. The second-order valence-corrected chi connectivity index (χ2v) is 7.13. The SMILES string of the molecule is CC(=O)C[C@@H](CC(=O)O)C(=O)N[C@@H](CC(=O)O)C(=O)C[C@@H](CC(=O)O)C(C)C. The first-order valence-electron chi connectivity index (χ1n) is 8.81. The Kier molecular flexibility index (Phi) is 10.7. The Hall–Kier alpha value is -2.78. The van der Waals surface area contributed by atoms with E-state index in [0.29, 0.717) is 0 Å². The number of nitrogens with one attached hydrogen (secondary N) is 1. The first-order chi connectivity index (χ1) is 12.8. The molecule has 28 heavy (non-hydrogen) atoms. The summed E-state index contributed by atoms with van der Waals surface area (Å²) in [6.07, 6.45) is -2.28. The average molecular weight is 401 g/mol. The van der Waals surface area contributed by atoms with Gasteiger partial charge in [0, 0.05) is 19.3 Å². The van der Waals surface area contributed by atoms with Crippen molar-refractivity contribution < 1.29 is 44.1 Å². The maximum absolute atomic E-state index is 12.5. The molecule has 0 aliphatic carbocycles. The summed E-state index contributed by atoms with van der Waals surface area (Å²) < 4.78 is 0. The number of amides is 1. The maximum atomic E-state index is 12.5. The normalized spacial score (nSPS) is 14.0. The minimum Gasteiger partial charge on any atom is -0.481 e. The van der Waals surface area contributed by atoms with Gasteiger partial charge in [0.15, 0.2) is 5.78 Å². The molecule has 3 atom stereocenters. The van der Waals surface area contributed by atoms with Crippen LogP contribution in [0.25, 0.3) is 0 Å². The van der Waals surface area contributed by atoms with Gasteiger partial charge in [-0.1, -0.05) is 13.8 Å². The number of carboxylic acid groups (broad SMARTS) is 3. The van der Waals surface area contributed by atoms with Gasteiger partial charge in [-0.25, -0.2) is 0 Å². The van der Waals surface area contributed by atoms with Crippen molar-refractivity contribution in [3.8, 4) is 0 Å². The van der Waals surface area contributed by atoms with Crippen molar-refractivity contribution >= 4 is 35.4 Å². The molecule has 0 aliphatic rings. The van der Waals surface area contributed by atoms with Crippen LogP contribution in [0.2, 0.25) is 0 Å². The van der Waals surface area contributed by atoms with E-state index in [9.17, 15) is 28.8 Å². The van der Waals surface area contributed by atoms with Crippen molar-refractivity contribution in [1.29, 1.82) is 0 Å². The quantitative estimate of drug-likeness (QED) is 0.327. The van der Waals surface area contributed by atoms with E-state index in [1.807, 2.05) is 0 Å². The smallest absolute Gasteiger partial charge is 0.305 e. The Morgan fingerprint density at radius 1 is 0.750 bits per heavy atom. The minimum atomic E-state index is -1.44. The first-order valence-corrected chi connectivity index (χ1v) is 8.81. The van der Waals surface area contributed by atoms with Crippen LogP contribution in [0.5, 0.6) is 0 Å². The highest BCUT2D eigenvalue weighted by molar-refractivity contribution is 5.94. The van der Waals surface area contributed by atoms with E-state index in [-0.39, 0.29) is 25.2 Å². The number of carboxylic acids is 3. The molecule has 0 radical (unpaired) electrons. The molecule has 0 fully saturated rings. The van der Waals surface area contributed by atoms with Gasteiger partial charge < -0.3 is 25.4 Å². The highest BCUT2D eigenvalue weighted by Gasteiger charge is 2.31. The fourth-order valence-electron chi connectivity index (χ4n) is 2.69. The monoisotopic (exact) mass is 401 g/mol. The Bertz CT molecular complexity index is 611. The summed E-state index contributed by atoms with van der Waals surface area (Å²) in [5.74, 6) is -7.73. The molecule has 0 rings (SSSR count). The third-order valence-corrected chi connectivity index (χ3v) is 4.25. The molecule has 0 saturated heterocycles. The molecule has 10 nitrogen and oxygen atoms in total. The van der Waals surface area contributed by atoms with Crippen molar-refractivity contribution in [3.05, 3.63) is 0 Å². The summed E-state index contributed by atoms with van der Waals surface area (Å²) >= 11 is 0. The highest BCUT2D eigenvalue weighted by atomic mass is 16.4. The molecule has 0 aliphatic heterocycles. The Morgan fingerprint density at radius 3 is 1.64 bits per heavy atom. The van der Waals surface area contributed by atoms with Crippen LogP contribution in [0, 0.1) is 17.8 Å². The van der Waals surface area contributed by atoms with E-state index in [2.05, 4.69) is 5.32 Å². The van der Waals surface area contributed by atoms with Crippen molar-refractivity contribution in [2.75, 3.05) is 0 Å². The summed E-state index contributed by atoms with van der Waals surface area (Å²) in [6.45, 7) is 4.63. The highest BCUT2D eigenvalue weighted by Crippen LogP contribution is 2.21. The Labute approximate surface area is 162 Å². The maximum Gasteiger partial charge on any atom is 0.305 e. The number of ketones is 2. The predicted octanol–water partition coefficient (Wildman–Crippen LogP) is 0.722. The molecule has 0 aromatic heterocycles. The number of carbonyl (C=O) groups excluding carboxylic acids is 3. The van der Waals surface area contributed by atoms with Crippen LogP contribution in [0.1, 0.15) is 52.9 Å². The first kappa shape index (κ1) is 25.2. The number of hydrogen-bond acceptors (Lipinski definition) is 6. The van der Waals surface area contributed by atoms with Gasteiger partial charge in [0.2, 0.25) is 5.91 Å². The third-order valence-electron chi connectivity index (χ3n) is 4.25. The van der Waals surface area contributed by atoms with Crippen LogP contribution in [0.4, 0.5) is 0 Å². The van der Waals surface area contributed by atoms with Gasteiger partial charge in [-0.2, -0.15) is 0 Å². The molecule has 0 saturated carbocycles. The lowest BCUT2D eigenvalue weighted by Gasteiger charge is -2.23. The third kappa shape index (κ3) is 10.4. The van der Waals surface area contributed by atoms with E-state index in [1.54, 1.807) is 13.8 Å². The zero-order chi connectivity index (χ0) is 22.0. The predicted molar refractivity (Wildman–Crippen MR) is 95.4 cm³/mol. The summed E-state index contributed by atoms with van der Waals surface area (Å²) in [5.41, 5.74) is 0. The lowest BCUT2D eigenvalue weighted by atomic mass is 9.85. The second kappa shape index (κ2) is 11.8. The average Bonchev–Trinajstić information content (AvgIpc) is 2.50. The van der Waals surface area contributed by atoms with Crippen LogP contribution in [0.3, 0.4) is 0 Å². The van der Waals surface area contributed by atoms with Crippen molar-refractivity contribution in [1.82, 2.24) is 5.32 Å². The van der Waals surface area contributed by atoms with Gasteiger partial charge in [-0.3, -0.25) is 24.0 Å². The lowest BCUT2D eigenvalue weighted by Crippen LogP contribution is -2.46. The number of carbonyl (C=O) groups is 6. The number of rotatable bonds is 14. The van der Waals surface area contributed by atoms with Crippen LogP contribution < -0.4 is 5.32 Å². The van der Waals surface area contributed by atoms with E-state index in [0.717, 1.165) is 0 Å². The molecule has 0 aromatic carbocycles. The zero-order valence-electron chi connectivity index (χ0n) is 16.1. The minimum absolute atomic E-state index is 0.168. The Balaban J connectivity index is 5.36. The largest absolute Gasteiger partial charge is 0.481 e. The van der Waals surface area contributed by atoms with Crippen molar-refractivity contribution in [2.24, 2.45) is 17.8 Å². The van der Waals surface area contributed by atoms with Gasteiger partial charge in [0.05, 0.1) is 24.8 Å². The molecule has 1 amide bonds. The van der Waals surface area contributed by atoms with Gasteiger partial charge in [-0.15, -0.1) is 0 Å². The zero-order valence-corrected chi connectivity index (χ0v) is 16.1. The Morgan fingerprint density at radius 2 is 1.25 bits per heavy atom. The molecule has 0 heterocycles. The molecular formula is C18H27NO9. The van der Waals surface area contributed by atoms with Gasteiger partial charge in [0.25, 0.3) is 0 Å².